The summed E-state index contributed by atoms with van der Waals surface area (Å²) in [5.41, 5.74) is 1.03. The van der Waals surface area contributed by atoms with E-state index in [0.29, 0.717) is 19.3 Å². The van der Waals surface area contributed by atoms with Crippen molar-refractivity contribution in [2.24, 2.45) is 0 Å². The van der Waals surface area contributed by atoms with E-state index in [2.05, 4.69) is 5.32 Å². The van der Waals surface area contributed by atoms with Gasteiger partial charge in [-0.15, -0.1) is 0 Å². The SMILES string of the molecule is COc1ccccc1CCC(=O)NC(C)CCO. The average Bonchev–Trinajstić information content (AvgIpc) is 2.37. The Kier molecular flexibility index (Phi) is 6.22. The Morgan fingerprint density at radius 1 is 1.44 bits per heavy atom. The Hall–Kier alpha value is -1.55. The molecule has 0 fully saturated rings. The van der Waals surface area contributed by atoms with Crippen LogP contribution in [0.15, 0.2) is 24.3 Å². The molecule has 4 heteroatoms. The van der Waals surface area contributed by atoms with Gasteiger partial charge in [-0.25, -0.2) is 0 Å². The van der Waals surface area contributed by atoms with E-state index in [1.165, 1.54) is 0 Å². The maximum Gasteiger partial charge on any atom is 0.220 e. The van der Waals surface area contributed by atoms with Crippen LogP contribution in [0.4, 0.5) is 0 Å². The van der Waals surface area contributed by atoms with Gasteiger partial charge in [0.05, 0.1) is 7.11 Å². The van der Waals surface area contributed by atoms with E-state index >= 15 is 0 Å². The fourth-order valence-corrected chi connectivity index (χ4v) is 1.77. The van der Waals surface area contributed by atoms with E-state index in [1.54, 1.807) is 7.11 Å². The van der Waals surface area contributed by atoms with Crippen LogP contribution in [-0.4, -0.2) is 30.8 Å². The first-order valence-electron chi connectivity index (χ1n) is 6.19. The zero-order valence-electron chi connectivity index (χ0n) is 11.0. The molecule has 1 aromatic carbocycles. The number of hydrogen-bond donors (Lipinski definition) is 2. The van der Waals surface area contributed by atoms with Crippen molar-refractivity contribution >= 4 is 5.91 Å². The third-order valence-electron chi connectivity index (χ3n) is 2.78. The van der Waals surface area contributed by atoms with Gasteiger partial charge >= 0.3 is 0 Å². The molecule has 0 bridgehead atoms. The average molecular weight is 251 g/mol. The molecule has 0 heterocycles. The highest BCUT2D eigenvalue weighted by atomic mass is 16.5. The topological polar surface area (TPSA) is 58.6 Å². The Labute approximate surface area is 108 Å². The second-order valence-corrected chi connectivity index (χ2v) is 4.29. The zero-order valence-corrected chi connectivity index (χ0v) is 11.0. The van der Waals surface area contributed by atoms with Gasteiger partial charge in [0, 0.05) is 19.1 Å². The summed E-state index contributed by atoms with van der Waals surface area (Å²) >= 11 is 0. The van der Waals surface area contributed by atoms with Crippen LogP contribution in [0.1, 0.15) is 25.3 Å². The molecule has 0 saturated heterocycles. The number of ether oxygens (including phenoxy) is 1. The van der Waals surface area contributed by atoms with Crippen LogP contribution in [0.25, 0.3) is 0 Å². The highest BCUT2D eigenvalue weighted by Gasteiger charge is 2.08. The summed E-state index contributed by atoms with van der Waals surface area (Å²) in [6.45, 7) is 1.98. The van der Waals surface area contributed by atoms with Gasteiger partial charge in [-0.05, 0) is 31.4 Å². The molecule has 2 N–H and O–H groups in total. The lowest BCUT2D eigenvalue weighted by atomic mass is 10.1. The standard InChI is InChI=1S/C14H21NO3/c1-11(9-10-16)15-14(17)8-7-12-5-3-4-6-13(12)18-2/h3-6,11,16H,7-10H2,1-2H3,(H,15,17). The van der Waals surface area contributed by atoms with E-state index in [4.69, 9.17) is 9.84 Å². The lowest BCUT2D eigenvalue weighted by Gasteiger charge is -2.13. The van der Waals surface area contributed by atoms with Crippen LogP contribution in [0.5, 0.6) is 5.75 Å². The molecule has 1 rings (SSSR count). The van der Waals surface area contributed by atoms with Gasteiger partial charge < -0.3 is 15.2 Å². The van der Waals surface area contributed by atoms with Gasteiger partial charge in [-0.2, -0.15) is 0 Å². The van der Waals surface area contributed by atoms with Crippen molar-refractivity contribution in [3.63, 3.8) is 0 Å². The number of aliphatic hydroxyl groups is 1. The predicted octanol–water partition coefficient (Wildman–Crippen LogP) is 1.51. The Balaban J connectivity index is 2.42. The fourth-order valence-electron chi connectivity index (χ4n) is 1.77. The number of benzene rings is 1. The molecule has 0 aliphatic carbocycles. The van der Waals surface area contributed by atoms with Crippen molar-refractivity contribution in [3.05, 3.63) is 29.8 Å². The first-order valence-corrected chi connectivity index (χ1v) is 6.19. The number of aryl methyl sites for hydroxylation is 1. The maximum atomic E-state index is 11.7. The number of carbonyl (C=O) groups excluding carboxylic acids is 1. The van der Waals surface area contributed by atoms with Crippen molar-refractivity contribution in [2.75, 3.05) is 13.7 Å². The van der Waals surface area contributed by atoms with Gasteiger partial charge in [0.1, 0.15) is 5.75 Å². The number of carbonyl (C=O) groups is 1. The summed E-state index contributed by atoms with van der Waals surface area (Å²) in [5, 5.41) is 11.6. The highest BCUT2D eigenvalue weighted by Crippen LogP contribution is 2.18. The van der Waals surface area contributed by atoms with Gasteiger partial charge in [0.2, 0.25) is 5.91 Å². The molecule has 1 unspecified atom stereocenters. The summed E-state index contributed by atoms with van der Waals surface area (Å²) in [6.07, 6.45) is 1.66. The molecule has 0 spiro atoms. The minimum atomic E-state index is 0.00172. The Bertz CT molecular complexity index is 379. The molecule has 1 aromatic rings. The van der Waals surface area contributed by atoms with Gasteiger partial charge in [-0.3, -0.25) is 4.79 Å². The van der Waals surface area contributed by atoms with Gasteiger partial charge in [0.25, 0.3) is 0 Å². The molecule has 4 nitrogen and oxygen atoms in total. The molecule has 0 radical (unpaired) electrons. The summed E-state index contributed by atoms with van der Waals surface area (Å²) < 4.78 is 5.23. The van der Waals surface area contributed by atoms with Crippen molar-refractivity contribution < 1.29 is 14.6 Å². The van der Waals surface area contributed by atoms with Crippen LogP contribution < -0.4 is 10.1 Å². The van der Waals surface area contributed by atoms with Crippen molar-refractivity contribution in [2.45, 2.75) is 32.2 Å². The number of para-hydroxylation sites is 1. The molecule has 1 amide bonds. The zero-order chi connectivity index (χ0) is 13.4. The second-order valence-electron chi connectivity index (χ2n) is 4.29. The van der Waals surface area contributed by atoms with E-state index in [-0.39, 0.29) is 18.6 Å². The Morgan fingerprint density at radius 2 is 2.17 bits per heavy atom. The van der Waals surface area contributed by atoms with E-state index < -0.39 is 0 Å². The highest BCUT2D eigenvalue weighted by molar-refractivity contribution is 5.76. The third-order valence-corrected chi connectivity index (χ3v) is 2.78. The first-order chi connectivity index (χ1) is 8.67. The molecular weight excluding hydrogens is 230 g/mol. The fraction of sp³-hybridized carbons (Fsp3) is 0.500. The minimum Gasteiger partial charge on any atom is -0.496 e. The summed E-state index contributed by atoms with van der Waals surface area (Å²) in [6, 6.07) is 7.71. The quantitative estimate of drug-likeness (QED) is 0.772. The summed E-state index contributed by atoms with van der Waals surface area (Å²) in [7, 11) is 1.63. The molecule has 0 saturated carbocycles. The maximum absolute atomic E-state index is 11.7. The monoisotopic (exact) mass is 251 g/mol. The van der Waals surface area contributed by atoms with Crippen LogP contribution in [-0.2, 0) is 11.2 Å². The summed E-state index contributed by atoms with van der Waals surface area (Å²) in [5.74, 6) is 0.815. The van der Waals surface area contributed by atoms with Crippen LogP contribution in [0.2, 0.25) is 0 Å². The smallest absolute Gasteiger partial charge is 0.220 e. The number of methoxy groups -OCH3 is 1. The second kappa shape index (κ2) is 7.71. The van der Waals surface area contributed by atoms with Crippen molar-refractivity contribution in [3.8, 4) is 5.75 Å². The molecule has 1 atom stereocenters. The van der Waals surface area contributed by atoms with Crippen LogP contribution >= 0.6 is 0 Å². The molecule has 0 aliphatic heterocycles. The molecule has 0 aromatic heterocycles. The van der Waals surface area contributed by atoms with Crippen molar-refractivity contribution in [1.82, 2.24) is 5.32 Å². The Morgan fingerprint density at radius 3 is 2.83 bits per heavy atom. The number of nitrogens with one attached hydrogen (secondary N) is 1. The molecule has 18 heavy (non-hydrogen) atoms. The van der Waals surface area contributed by atoms with Crippen LogP contribution in [0.3, 0.4) is 0 Å². The summed E-state index contributed by atoms with van der Waals surface area (Å²) in [4.78, 5) is 11.7. The number of amides is 1. The molecular formula is C14H21NO3. The van der Waals surface area contributed by atoms with Gasteiger partial charge in [0.15, 0.2) is 0 Å². The number of rotatable bonds is 7. The normalized spacial score (nSPS) is 11.9. The molecule has 100 valence electrons. The predicted molar refractivity (Wildman–Crippen MR) is 70.6 cm³/mol. The number of aliphatic hydroxyl groups excluding tert-OH is 1. The minimum absolute atomic E-state index is 0.00172. The van der Waals surface area contributed by atoms with Crippen molar-refractivity contribution in [1.29, 1.82) is 0 Å². The van der Waals surface area contributed by atoms with E-state index in [0.717, 1.165) is 11.3 Å². The van der Waals surface area contributed by atoms with E-state index in [9.17, 15) is 4.79 Å². The van der Waals surface area contributed by atoms with Crippen LogP contribution in [0, 0.1) is 0 Å². The lowest BCUT2D eigenvalue weighted by Crippen LogP contribution is -2.33. The van der Waals surface area contributed by atoms with E-state index in [1.807, 2.05) is 31.2 Å². The lowest BCUT2D eigenvalue weighted by molar-refractivity contribution is -0.121. The number of hydrogen-bond acceptors (Lipinski definition) is 3. The third kappa shape index (κ3) is 4.75. The molecule has 0 aliphatic rings. The largest absolute Gasteiger partial charge is 0.496 e. The van der Waals surface area contributed by atoms with Gasteiger partial charge in [-0.1, -0.05) is 18.2 Å². The first kappa shape index (κ1) is 14.5.